The standard InChI is InChI=1S/C32H35FN4O2/c1-22-2-6-26(28(33)20-22)30(38)35-29-7-5-23-3-4-24(21-27(23)29)31(39)37-18-12-32(13-19-37)10-16-36(17-11-32)25-8-14-34-15-9-25/h2-4,6,8-9,14-15,20-21,29H,5,7,10-13,16-19H2,1H3,(H,35,38). The second-order valence-corrected chi connectivity index (χ2v) is 11.4. The topological polar surface area (TPSA) is 65.5 Å². The summed E-state index contributed by atoms with van der Waals surface area (Å²) < 4.78 is 14.4. The molecule has 2 aromatic carbocycles. The molecule has 1 atom stereocenters. The highest BCUT2D eigenvalue weighted by Crippen LogP contribution is 2.42. The minimum atomic E-state index is -0.513. The molecule has 1 spiro atoms. The highest BCUT2D eigenvalue weighted by molar-refractivity contribution is 5.96. The van der Waals surface area contributed by atoms with Crippen LogP contribution >= 0.6 is 0 Å². The normalized spacial score (nSPS) is 20.1. The Morgan fingerprint density at radius 1 is 0.949 bits per heavy atom. The number of rotatable bonds is 4. The molecule has 0 radical (unpaired) electrons. The summed E-state index contributed by atoms with van der Waals surface area (Å²) in [6.07, 6.45) is 9.65. The molecule has 7 heteroatoms. The molecule has 2 saturated heterocycles. The number of halogens is 1. The lowest BCUT2D eigenvalue weighted by Gasteiger charge is -2.47. The minimum absolute atomic E-state index is 0.0511. The molecule has 3 heterocycles. The van der Waals surface area contributed by atoms with Gasteiger partial charge in [-0.25, -0.2) is 4.39 Å². The third kappa shape index (κ3) is 5.14. The number of amides is 2. The van der Waals surface area contributed by atoms with Gasteiger partial charge in [0.1, 0.15) is 5.82 Å². The third-order valence-electron chi connectivity index (χ3n) is 9.11. The number of nitrogens with one attached hydrogen (secondary N) is 1. The van der Waals surface area contributed by atoms with E-state index in [4.69, 9.17) is 0 Å². The van der Waals surface area contributed by atoms with E-state index in [0.29, 0.717) is 11.0 Å². The summed E-state index contributed by atoms with van der Waals surface area (Å²) in [6.45, 7) is 5.44. The van der Waals surface area contributed by atoms with E-state index >= 15 is 0 Å². The number of carbonyl (C=O) groups is 2. The number of hydrogen-bond donors (Lipinski definition) is 1. The van der Waals surface area contributed by atoms with Crippen molar-refractivity contribution in [3.8, 4) is 0 Å². The van der Waals surface area contributed by atoms with E-state index in [0.717, 1.165) is 81.4 Å². The number of likely N-dealkylation sites (tertiary alicyclic amines) is 1. The van der Waals surface area contributed by atoms with Crippen molar-refractivity contribution in [2.45, 2.75) is 51.5 Å². The van der Waals surface area contributed by atoms with Gasteiger partial charge in [0.25, 0.3) is 11.8 Å². The van der Waals surface area contributed by atoms with Crippen LogP contribution in [0.1, 0.15) is 75.6 Å². The highest BCUT2D eigenvalue weighted by atomic mass is 19.1. The molecule has 3 aromatic rings. The van der Waals surface area contributed by atoms with E-state index in [1.807, 2.05) is 35.5 Å². The summed E-state index contributed by atoms with van der Waals surface area (Å²) in [7, 11) is 0. The number of pyridine rings is 1. The molecule has 2 aliphatic heterocycles. The SMILES string of the molecule is Cc1ccc(C(=O)NC2CCc3ccc(C(=O)N4CCC5(CC4)CCN(c4ccncc4)CC5)cc32)c(F)c1. The number of aromatic nitrogens is 1. The summed E-state index contributed by atoms with van der Waals surface area (Å²) in [5.41, 5.74) is 5.16. The van der Waals surface area contributed by atoms with E-state index in [-0.39, 0.29) is 17.5 Å². The molecule has 2 fully saturated rings. The van der Waals surface area contributed by atoms with Gasteiger partial charge in [-0.1, -0.05) is 12.1 Å². The fraction of sp³-hybridized carbons (Fsp3) is 0.406. The van der Waals surface area contributed by atoms with Gasteiger partial charge in [-0.15, -0.1) is 0 Å². The maximum Gasteiger partial charge on any atom is 0.254 e. The van der Waals surface area contributed by atoms with E-state index < -0.39 is 11.7 Å². The molecule has 0 bridgehead atoms. The Morgan fingerprint density at radius 2 is 1.67 bits per heavy atom. The zero-order valence-electron chi connectivity index (χ0n) is 22.5. The predicted molar refractivity (Wildman–Crippen MR) is 149 cm³/mol. The van der Waals surface area contributed by atoms with Crippen LogP contribution in [0.2, 0.25) is 0 Å². The number of hydrogen-bond acceptors (Lipinski definition) is 4. The van der Waals surface area contributed by atoms with Crippen LogP contribution in [-0.4, -0.2) is 47.9 Å². The highest BCUT2D eigenvalue weighted by Gasteiger charge is 2.39. The van der Waals surface area contributed by atoms with Crippen LogP contribution in [0.3, 0.4) is 0 Å². The number of fused-ring (bicyclic) bond motifs is 1. The van der Waals surface area contributed by atoms with Crippen molar-refractivity contribution in [1.29, 1.82) is 0 Å². The number of benzene rings is 2. The quantitative estimate of drug-likeness (QED) is 0.490. The molecule has 6 nitrogen and oxygen atoms in total. The van der Waals surface area contributed by atoms with E-state index in [1.54, 1.807) is 13.0 Å². The lowest BCUT2D eigenvalue weighted by atomic mass is 9.71. The maximum atomic E-state index is 14.4. The fourth-order valence-electron chi connectivity index (χ4n) is 6.59. The van der Waals surface area contributed by atoms with Crippen molar-refractivity contribution in [2.24, 2.45) is 5.41 Å². The van der Waals surface area contributed by atoms with Crippen molar-refractivity contribution in [3.05, 3.63) is 94.6 Å². The van der Waals surface area contributed by atoms with Crippen LogP contribution in [0.25, 0.3) is 0 Å². The van der Waals surface area contributed by atoms with E-state index in [1.165, 1.54) is 17.8 Å². The average Bonchev–Trinajstić information content (AvgIpc) is 3.35. The summed E-state index contributed by atoms with van der Waals surface area (Å²) in [6, 6.07) is 14.5. The monoisotopic (exact) mass is 526 g/mol. The number of nitrogens with zero attached hydrogens (tertiary/aromatic N) is 3. The molecular formula is C32H35FN4O2. The smallest absolute Gasteiger partial charge is 0.254 e. The van der Waals surface area contributed by atoms with Gasteiger partial charge in [0.2, 0.25) is 0 Å². The molecule has 1 unspecified atom stereocenters. The van der Waals surface area contributed by atoms with Gasteiger partial charge in [0.05, 0.1) is 11.6 Å². The molecule has 1 aliphatic carbocycles. The molecule has 39 heavy (non-hydrogen) atoms. The third-order valence-corrected chi connectivity index (χ3v) is 9.11. The zero-order valence-corrected chi connectivity index (χ0v) is 22.5. The largest absolute Gasteiger partial charge is 0.371 e. The molecule has 0 saturated carbocycles. The molecule has 6 rings (SSSR count). The minimum Gasteiger partial charge on any atom is -0.371 e. The summed E-state index contributed by atoms with van der Waals surface area (Å²) in [5, 5.41) is 3.00. The Kier molecular flexibility index (Phi) is 6.83. The van der Waals surface area contributed by atoms with E-state index in [9.17, 15) is 14.0 Å². The number of aryl methyl sites for hydroxylation is 2. The Labute approximate surface area is 229 Å². The molecular weight excluding hydrogens is 491 g/mol. The van der Waals surface area contributed by atoms with Gasteiger partial charge >= 0.3 is 0 Å². The molecule has 3 aliphatic rings. The summed E-state index contributed by atoms with van der Waals surface area (Å²) in [5.74, 6) is -0.873. The van der Waals surface area contributed by atoms with Gasteiger partial charge in [-0.3, -0.25) is 14.6 Å². The predicted octanol–water partition coefficient (Wildman–Crippen LogP) is 5.47. The summed E-state index contributed by atoms with van der Waals surface area (Å²) in [4.78, 5) is 34.9. The number of carbonyl (C=O) groups excluding carboxylic acids is 2. The van der Waals surface area contributed by atoms with Crippen LogP contribution in [0.5, 0.6) is 0 Å². The molecule has 2 amide bonds. The molecule has 1 N–H and O–H groups in total. The van der Waals surface area contributed by atoms with Gasteiger partial charge in [-0.2, -0.15) is 0 Å². The van der Waals surface area contributed by atoms with Crippen LogP contribution in [-0.2, 0) is 6.42 Å². The van der Waals surface area contributed by atoms with Gasteiger partial charge < -0.3 is 15.1 Å². The first-order valence-corrected chi connectivity index (χ1v) is 14.0. The Hall–Kier alpha value is -3.74. The molecule has 202 valence electrons. The van der Waals surface area contributed by atoms with Crippen LogP contribution in [0.4, 0.5) is 10.1 Å². The van der Waals surface area contributed by atoms with Crippen molar-refractivity contribution in [3.63, 3.8) is 0 Å². The molecule has 1 aromatic heterocycles. The number of piperidine rings is 2. The first-order chi connectivity index (χ1) is 18.9. The zero-order chi connectivity index (χ0) is 27.0. The van der Waals surface area contributed by atoms with Crippen molar-refractivity contribution in [2.75, 3.05) is 31.1 Å². The van der Waals surface area contributed by atoms with Gasteiger partial charge in [-0.05, 0) is 104 Å². The second kappa shape index (κ2) is 10.4. The lowest BCUT2D eigenvalue weighted by Crippen LogP contribution is -2.48. The van der Waals surface area contributed by atoms with Gasteiger partial charge in [0, 0.05) is 49.8 Å². The maximum absolute atomic E-state index is 14.4. The van der Waals surface area contributed by atoms with Crippen LogP contribution in [0.15, 0.2) is 60.9 Å². The van der Waals surface area contributed by atoms with Gasteiger partial charge in [0.15, 0.2) is 0 Å². The summed E-state index contributed by atoms with van der Waals surface area (Å²) >= 11 is 0. The second-order valence-electron chi connectivity index (χ2n) is 11.4. The van der Waals surface area contributed by atoms with Crippen molar-refractivity contribution >= 4 is 17.5 Å². The van der Waals surface area contributed by atoms with Crippen molar-refractivity contribution < 1.29 is 14.0 Å². The Bertz CT molecular complexity index is 1370. The van der Waals surface area contributed by atoms with Crippen LogP contribution in [0, 0.1) is 18.2 Å². The van der Waals surface area contributed by atoms with E-state index in [2.05, 4.69) is 27.3 Å². The number of anilines is 1. The van der Waals surface area contributed by atoms with Crippen molar-refractivity contribution in [1.82, 2.24) is 15.2 Å². The Balaban J connectivity index is 1.08. The first-order valence-electron chi connectivity index (χ1n) is 14.0. The van der Waals surface area contributed by atoms with Crippen LogP contribution < -0.4 is 10.2 Å². The lowest BCUT2D eigenvalue weighted by molar-refractivity contribution is 0.0515. The first kappa shape index (κ1) is 25.5. The average molecular weight is 527 g/mol. The Morgan fingerprint density at radius 3 is 2.38 bits per heavy atom. The fourth-order valence-corrected chi connectivity index (χ4v) is 6.59.